The second-order valence-corrected chi connectivity index (χ2v) is 8.85. The van der Waals surface area contributed by atoms with Crippen LogP contribution in [-0.2, 0) is 20.0 Å². The Morgan fingerprint density at radius 1 is 1.22 bits per heavy atom. The van der Waals surface area contributed by atoms with Crippen LogP contribution in [-0.4, -0.2) is 55.9 Å². The molecule has 7 heteroatoms. The molecule has 1 aromatic heterocycles. The van der Waals surface area contributed by atoms with Gasteiger partial charge in [-0.1, -0.05) is 37.3 Å². The molecule has 3 aromatic rings. The monoisotopic (exact) mass is 431 g/mol. The zero-order valence-electron chi connectivity index (χ0n) is 18.5. The van der Waals surface area contributed by atoms with Gasteiger partial charge in [0.05, 0.1) is 6.10 Å². The summed E-state index contributed by atoms with van der Waals surface area (Å²) in [4.78, 5) is 19.5. The van der Waals surface area contributed by atoms with Gasteiger partial charge in [0.1, 0.15) is 6.33 Å². The number of nitrogens with zero attached hydrogens (tertiary/aromatic N) is 4. The van der Waals surface area contributed by atoms with E-state index in [1.54, 1.807) is 4.68 Å². The lowest BCUT2D eigenvalue weighted by Gasteiger charge is -2.38. The molecular weight excluding hydrogens is 402 g/mol. The second-order valence-electron chi connectivity index (χ2n) is 8.85. The van der Waals surface area contributed by atoms with Crippen LogP contribution in [0.25, 0.3) is 11.4 Å². The minimum absolute atomic E-state index is 0.00975. The molecule has 2 aliphatic rings. The maximum atomic E-state index is 13.3. The Morgan fingerprint density at radius 2 is 2.03 bits per heavy atom. The van der Waals surface area contributed by atoms with Gasteiger partial charge in [-0.05, 0) is 41.7 Å². The van der Waals surface area contributed by atoms with Crippen molar-refractivity contribution < 1.29 is 9.90 Å². The molecule has 3 atom stereocenters. The third-order valence-corrected chi connectivity index (χ3v) is 6.90. The average molecular weight is 432 g/mol. The fourth-order valence-electron chi connectivity index (χ4n) is 5.02. The lowest BCUT2D eigenvalue weighted by Crippen LogP contribution is -2.52. The van der Waals surface area contributed by atoms with E-state index in [1.807, 2.05) is 36.2 Å². The molecule has 0 bridgehead atoms. The molecule has 0 unspecified atom stereocenters. The average Bonchev–Trinajstić information content (AvgIpc) is 3.26. The van der Waals surface area contributed by atoms with Crippen molar-refractivity contribution in [3.8, 4) is 11.4 Å². The number of aromatic nitrogens is 3. The van der Waals surface area contributed by atoms with Crippen molar-refractivity contribution in [2.45, 2.75) is 44.4 Å². The van der Waals surface area contributed by atoms with Gasteiger partial charge in [0.2, 0.25) is 0 Å². The molecule has 0 aliphatic carbocycles. The number of amides is 1. The molecule has 2 aromatic carbocycles. The SMILES string of the molecule is CC[C@@H]1CN(C[C@@H](O)[C@@H]2Cc3ccccc3CN2)C(=O)c2ccc(-c3ncnn3C)cc21. The first kappa shape index (κ1) is 20.8. The summed E-state index contributed by atoms with van der Waals surface area (Å²) in [6.07, 6.45) is 2.61. The quantitative estimate of drug-likeness (QED) is 0.649. The van der Waals surface area contributed by atoms with Crippen LogP contribution < -0.4 is 5.32 Å². The summed E-state index contributed by atoms with van der Waals surface area (Å²) in [5.74, 6) is 1.00. The van der Waals surface area contributed by atoms with Crippen LogP contribution in [0, 0.1) is 0 Å². The molecule has 0 saturated carbocycles. The number of aliphatic hydroxyl groups is 1. The Morgan fingerprint density at radius 3 is 2.78 bits per heavy atom. The highest BCUT2D eigenvalue weighted by Gasteiger charge is 2.34. The zero-order valence-corrected chi connectivity index (χ0v) is 18.5. The summed E-state index contributed by atoms with van der Waals surface area (Å²) in [5, 5.41) is 18.6. The standard InChI is InChI=1S/C25H29N5O2/c1-3-16-13-30(14-23(31)22-11-17-6-4-5-7-19(17)12-26-22)25(32)20-9-8-18(10-21(16)20)24-27-15-28-29(24)2/h4-10,15-16,22-23,26,31H,3,11-14H2,1-2H3/t16-,22+,23-/m1/s1. The van der Waals surface area contributed by atoms with Crippen molar-refractivity contribution in [2.75, 3.05) is 13.1 Å². The molecule has 7 nitrogen and oxygen atoms in total. The van der Waals surface area contributed by atoms with E-state index in [2.05, 4.69) is 40.5 Å². The number of benzene rings is 2. The van der Waals surface area contributed by atoms with E-state index in [0.29, 0.717) is 13.1 Å². The maximum absolute atomic E-state index is 13.3. The molecule has 0 saturated heterocycles. The van der Waals surface area contributed by atoms with Gasteiger partial charge in [0, 0.05) is 49.8 Å². The summed E-state index contributed by atoms with van der Waals surface area (Å²) < 4.78 is 1.74. The number of carbonyl (C=O) groups excluding carboxylic acids is 1. The Hall–Kier alpha value is -3.03. The number of fused-ring (bicyclic) bond motifs is 2. The Labute approximate surface area is 188 Å². The zero-order chi connectivity index (χ0) is 22.2. The van der Waals surface area contributed by atoms with Crippen LogP contribution in [0.3, 0.4) is 0 Å². The molecule has 0 fully saturated rings. The van der Waals surface area contributed by atoms with E-state index in [0.717, 1.165) is 41.9 Å². The van der Waals surface area contributed by atoms with Gasteiger partial charge in [-0.2, -0.15) is 5.10 Å². The molecule has 2 aliphatic heterocycles. The van der Waals surface area contributed by atoms with Crippen molar-refractivity contribution in [3.63, 3.8) is 0 Å². The fraction of sp³-hybridized carbons (Fsp3) is 0.400. The van der Waals surface area contributed by atoms with Crippen molar-refractivity contribution >= 4 is 5.91 Å². The van der Waals surface area contributed by atoms with E-state index in [9.17, 15) is 9.90 Å². The Balaban J connectivity index is 1.35. The highest BCUT2D eigenvalue weighted by atomic mass is 16.3. The number of hydrogen-bond acceptors (Lipinski definition) is 5. The molecule has 0 spiro atoms. The highest BCUT2D eigenvalue weighted by Crippen LogP contribution is 2.34. The summed E-state index contributed by atoms with van der Waals surface area (Å²) in [7, 11) is 1.87. The van der Waals surface area contributed by atoms with Crippen LogP contribution in [0.4, 0.5) is 0 Å². The lowest BCUT2D eigenvalue weighted by atomic mass is 9.85. The first-order chi connectivity index (χ1) is 15.5. The number of aliphatic hydroxyl groups excluding tert-OH is 1. The predicted octanol–water partition coefficient (Wildman–Crippen LogP) is 2.51. The first-order valence-electron chi connectivity index (χ1n) is 11.3. The molecule has 32 heavy (non-hydrogen) atoms. The number of carbonyl (C=O) groups is 1. The highest BCUT2D eigenvalue weighted by molar-refractivity contribution is 5.97. The molecule has 5 rings (SSSR count). The summed E-state index contributed by atoms with van der Waals surface area (Å²) in [5.41, 5.74) is 5.31. The molecule has 3 heterocycles. The van der Waals surface area contributed by atoms with Gasteiger partial charge in [-0.3, -0.25) is 4.79 Å². The van der Waals surface area contributed by atoms with Crippen molar-refractivity contribution in [3.05, 3.63) is 71.0 Å². The van der Waals surface area contributed by atoms with E-state index in [1.165, 1.54) is 17.5 Å². The van der Waals surface area contributed by atoms with Crippen LogP contribution >= 0.6 is 0 Å². The Bertz CT molecular complexity index is 1140. The number of hydrogen-bond donors (Lipinski definition) is 2. The molecule has 166 valence electrons. The van der Waals surface area contributed by atoms with Crippen molar-refractivity contribution in [2.24, 2.45) is 7.05 Å². The van der Waals surface area contributed by atoms with Gasteiger partial charge >= 0.3 is 0 Å². The van der Waals surface area contributed by atoms with E-state index in [4.69, 9.17) is 0 Å². The van der Waals surface area contributed by atoms with E-state index < -0.39 is 6.10 Å². The summed E-state index contributed by atoms with van der Waals surface area (Å²) in [6, 6.07) is 14.2. The number of β-amino-alcohol motifs (C(OH)–C–C–N with tert-alkyl or cyclic N) is 1. The smallest absolute Gasteiger partial charge is 0.254 e. The van der Waals surface area contributed by atoms with Gasteiger partial charge in [-0.25, -0.2) is 9.67 Å². The fourth-order valence-corrected chi connectivity index (χ4v) is 5.02. The topological polar surface area (TPSA) is 83.3 Å². The van der Waals surface area contributed by atoms with E-state index in [-0.39, 0.29) is 17.9 Å². The number of nitrogens with one attached hydrogen (secondary N) is 1. The predicted molar refractivity (Wildman–Crippen MR) is 122 cm³/mol. The molecule has 0 radical (unpaired) electrons. The van der Waals surface area contributed by atoms with Crippen molar-refractivity contribution in [1.82, 2.24) is 25.0 Å². The largest absolute Gasteiger partial charge is 0.390 e. The van der Waals surface area contributed by atoms with Crippen LogP contribution in [0.1, 0.15) is 46.3 Å². The van der Waals surface area contributed by atoms with Crippen LogP contribution in [0.2, 0.25) is 0 Å². The normalized spacial score (nSPS) is 21.2. The number of rotatable bonds is 5. The third-order valence-electron chi connectivity index (χ3n) is 6.90. The minimum atomic E-state index is -0.621. The molecular formula is C25H29N5O2. The van der Waals surface area contributed by atoms with Gasteiger partial charge < -0.3 is 15.3 Å². The molecule has 1 amide bonds. The van der Waals surface area contributed by atoms with Gasteiger partial charge in [0.15, 0.2) is 5.82 Å². The summed E-state index contributed by atoms with van der Waals surface area (Å²) >= 11 is 0. The minimum Gasteiger partial charge on any atom is -0.390 e. The summed E-state index contributed by atoms with van der Waals surface area (Å²) in [6.45, 7) is 3.84. The second kappa shape index (κ2) is 8.48. The maximum Gasteiger partial charge on any atom is 0.254 e. The lowest BCUT2D eigenvalue weighted by molar-refractivity contribution is 0.0484. The van der Waals surface area contributed by atoms with Gasteiger partial charge in [-0.15, -0.1) is 0 Å². The van der Waals surface area contributed by atoms with Crippen LogP contribution in [0.15, 0.2) is 48.8 Å². The molecule has 2 N–H and O–H groups in total. The third kappa shape index (κ3) is 3.72. The van der Waals surface area contributed by atoms with Crippen LogP contribution in [0.5, 0.6) is 0 Å². The van der Waals surface area contributed by atoms with Gasteiger partial charge in [0.25, 0.3) is 5.91 Å². The first-order valence-corrected chi connectivity index (χ1v) is 11.3. The Kier molecular flexibility index (Phi) is 5.53. The van der Waals surface area contributed by atoms with E-state index >= 15 is 0 Å². The number of aryl methyl sites for hydroxylation is 1. The van der Waals surface area contributed by atoms with Crippen molar-refractivity contribution in [1.29, 1.82) is 0 Å².